The molecule has 16 heavy (non-hydrogen) atoms. The quantitative estimate of drug-likeness (QED) is 0.313. The molecule has 0 aliphatic carbocycles. The minimum atomic E-state index is -4.39. The molecule has 1 atom stereocenters. The van der Waals surface area contributed by atoms with Crippen LogP contribution in [0.15, 0.2) is 12.2 Å². The van der Waals surface area contributed by atoms with Gasteiger partial charge in [0.25, 0.3) is 0 Å². The topological polar surface area (TPSA) is 83.8 Å². The van der Waals surface area contributed by atoms with Crippen molar-refractivity contribution in [2.24, 2.45) is 0 Å². The van der Waals surface area contributed by atoms with E-state index >= 15 is 0 Å². The number of esters is 1. The SMILES string of the molecule is C=C(C)C(=O)OC(CCCCC)P(=O)(O)O. The van der Waals surface area contributed by atoms with Gasteiger partial charge in [-0.15, -0.1) is 0 Å². The van der Waals surface area contributed by atoms with Crippen LogP contribution in [-0.4, -0.2) is 21.6 Å². The van der Waals surface area contributed by atoms with Gasteiger partial charge in [0.1, 0.15) is 0 Å². The highest BCUT2D eigenvalue weighted by Crippen LogP contribution is 2.44. The summed E-state index contributed by atoms with van der Waals surface area (Å²) in [4.78, 5) is 29.2. The molecule has 0 heterocycles. The summed E-state index contributed by atoms with van der Waals surface area (Å²) in [5.41, 5.74) is 0.133. The molecule has 0 spiro atoms. The maximum atomic E-state index is 11.2. The molecule has 0 aromatic heterocycles. The monoisotopic (exact) mass is 250 g/mol. The van der Waals surface area contributed by atoms with Crippen molar-refractivity contribution < 1.29 is 23.9 Å². The summed E-state index contributed by atoms with van der Waals surface area (Å²) in [7, 11) is -4.39. The second-order valence-electron chi connectivity index (χ2n) is 3.73. The van der Waals surface area contributed by atoms with E-state index < -0.39 is 19.4 Å². The van der Waals surface area contributed by atoms with Gasteiger partial charge in [-0.3, -0.25) is 4.57 Å². The summed E-state index contributed by atoms with van der Waals surface area (Å²) < 4.78 is 15.8. The number of hydrogen-bond donors (Lipinski definition) is 2. The third-order valence-electron chi connectivity index (χ3n) is 2.02. The minimum absolute atomic E-state index is 0.133. The summed E-state index contributed by atoms with van der Waals surface area (Å²) >= 11 is 0. The Morgan fingerprint density at radius 1 is 1.44 bits per heavy atom. The van der Waals surface area contributed by atoms with E-state index in [0.29, 0.717) is 6.42 Å². The molecule has 2 N–H and O–H groups in total. The molecular weight excluding hydrogens is 231 g/mol. The van der Waals surface area contributed by atoms with Crippen molar-refractivity contribution in [2.75, 3.05) is 0 Å². The predicted octanol–water partition coefficient (Wildman–Crippen LogP) is 2.19. The molecule has 0 saturated carbocycles. The van der Waals surface area contributed by atoms with Crippen LogP contribution in [0.5, 0.6) is 0 Å². The molecule has 0 aromatic rings. The molecule has 6 heteroatoms. The number of unbranched alkanes of at least 4 members (excludes halogenated alkanes) is 2. The highest BCUT2D eigenvalue weighted by Gasteiger charge is 2.31. The number of hydrogen-bond acceptors (Lipinski definition) is 3. The smallest absolute Gasteiger partial charge is 0.365 e. The van der Waals surface area contributed by atoms with Gasteiger partial charge in [-0.2, -0.15) is 0 Å². The van der Waals surface area contributed by atoms with E-state index in [1.807, 2.05) is 6.92 Å². The molecule has 5 nitrogen and oxygen atoms in total. The first kappa shape index (κ1) is 15.4. The maximum absolute atomic E-state index is 11.2. The fourth-order valence-corrected chi connectivity index (χ4v) is 1.84. The first-order chi connectivity index (χ1) is 7.29. The molecule has 94 valence electrons. The van der Waals surface area contributed by atoms with Gasteiger partial charge >= 0.3 is 13.6 Å². The first-order valence-electron chi connectivity index (χ1n) is 5.20. The Morgan fingerprint density at radius 3 is 2.38 bits per heavy atom. The molecule has 0 fully saturated rings. The summed E-state index contributed by atoms with van der Waals surface area (Å²) in [6.07, 6.45) is 2.58. The second kappa shape index (κ2) is 6.84. The lowest BCUT2D eigenvalue weighted by atomic mass is 10.2. The zero-order valence-corrected chi connectivity index (χ0v) is 10.6. The van der Waals surface area contributed by atoms with E-state index in [-0.39, 0.29) is 12.0 Å². The molecular formula is C10H19O5P. The van der Waals surface area contributed by atoms with Crippen molar-refractivity contribution in [2.45, 2.75) is 45.4 Å². The Morgan fingerprint density at radius 2 is 2.00 bits per heavy atom. The van der Waals surface area contributed by atoms with Crippen LogP contribution < -0.4 is 0 Å². The van der Waals surface area contributed by atoms with E-state index in [4.69, 9.17) is 14.5 Å². The Bertz CT molecular complexity index is 294. The van der Waals surface area contributed by atoms with Gasteiger partial charge in [0.15, 0.2) is 0 Å². The molecule has 0 amide bonds. The second-order valence-corrected chi connectivity index (χ2v) is 5.48. The summed E-state index contributed by atoms with van der Waals surface area (Å²) in [6.45, 7) is 6.77. The third kappa shape index (κ3) is 6.05. The molecule has 0 radical (unpaired) electrons. The van der Waals surface area contributed by atoms with Crippen LogP contribution in [0, 0.1) is 0 Å². The summed E-state index contributed by atoms with van der Waals surface area (Å²) in [6, 6.07) is 0. The average Bonchev–Trinajstić information content (AvgIpc) is 2.14. The van der Waals surface area contributed by atoms with Gasteiger partial charge in [-0.25, -0.2) is 4.79 Å². The molecule has 0 aliphatic heterocycles. The van der Waals surface area contributed by atoms with Crippen molar-refractivity contribution in [1.82, 2.24) is 0 Å². The molecule has 0 aromatic carbocycles. The highest BCUT2D eigenvalue weighted by atomic mass is 31.2. The van der Waals surface area contributed by atoms with Gasteiger partial charge in [-0.05, 0) is 19.8 Å². The highest BCUT2D eigenvalue weighted by molar-refractivity contribution is 7.52. The minimum Gasteiger partial charge on any atom is -0.446 e. The molecule has 0 rings (SSSR count). The van der Waals surface area contributed by atoms with Crippen LogP contribution in [0.3, 0.4) is 0 Å². The van der Waals surface area contributed by atoms with Gasteiger partial charge < -0.3 is 14.5 Å². The lowest BCUT2D eigenvalue weighted by molar-refractivity contribution is -0.141. The Hall–Kier alpha value is -0.640. The number of rotatable bonds is 7. The Labute approximate surface area is 95.7 Å². The standard InChI is InChI=1S/C10H19O5P/c1-4-5-6-7-9(16(12,13)14)15-10(11)8(2)3/h9H,2,4-7H2,1,3H3,(H2,12,13,14). The van der Waals surface area contributed by atoms with Crippen LogP contribution >= 0.6 is 7.60 Å². The number of carbonyl (C=O) groups is 1. The predicted molar refractivity (Wildman–Crippen MR) is 60.9 cm³/mol. The van der Waals surface area contributed by atoms with Gasteiger partial charge in [-0.1, -0.05) is 26.3 Å². The van der Waals surface area contributed by atoms with E-state index in [1.165, 1.54) is 6.92 Å². The van der Waals surface area contributed by atoms with Gasteiger partial charge in [0, 0.05) is 5.57 Å². The van der Waals surface area contributed by atoms with Crippen LogP contribution in [0.25, 0.3) is 0 Å². The van der Waals surface area contributed by atoms with Crippen LogP contribution in [0.2, 0.25) is 0 Å². The third-order valence-corrected chi connectivity index (χ3v) is 3.14. The largest absolute Gasteiger partial charge is 0.446 e. The van der Waals surface area contributed by atoms with E-state index in [0.717, 1.165) is 12.8 Å². The first-order valence-corrected chi connectivity index (χ1v) is 6.89. The van der Waals surface area contributed by atoms with Gasteiger partial charge in [0.05, 0.1) is 0 Å². The van der Waals surface area contributed by atoms with E-state index in [2.05, 4.69) is 6.58 Å². The summed E-state index contributed by atoms with van der Waals surface area (Å²) in [5.74, 6) is -2.10. The fourth-order valence-electron chi connectivity index (χ4n) is 1.09. The van der Waals surface area contributed by atoms with Crippen LogP contribution in [0.4, 0.5) is 0 Å². The molecule has 0 aliphatic rings. The fraction of sp³-hybridized carbons (Fsp3) is 0.700. The van der Waals surface area contributed by atoms with Crippen molar-refractivity contribution in [3.63, 3.8) is 0 Å². The lowest BCUT2D eigenvalue weighted by Crippen LogP contribution is -2.18. The van der Waals surface area contributed by atoms with Crippen LogP contribution in [0.1, 0.15) is 39.5 Å². The number of ether oxygens (including phenoxy) is 1. The normalized spacial score (nSPS) is 13.2. The zero-order chi connectivity index (χ0) is 12.8. The molecule has 0 bridgehead atoms. The van der Waals surface area contributed by atoms with Gasteiger partial charge in [0.2, 0.25) is 5.85 Å². The zero-order valence-electron chi connectivity index (χ0n) is 9.68. The van der Waals surface area contributed by atoms with Crippen molar-refractivity contribution >= 4 is 13.6 Å². The summed E-state index contributed by atoms with van der Waals surface area (Å²) in [5, 5.41) is 0. The average molecular weight is 250 g/mol. The maximum Gasteiger partial charge on any atom is 0.365 e. The Balaban J connectivity index is 4.39. The van der Waals surface area contributed by atoms with E-state index in [1.54, 1.807) is 0 Å². The van der Waals surface area contributed by atoms with Crippen LogP contribution in [-0.2, 0) is 14.1 Å². The number of carbonyl (C=O) groups excluding carboxylic acids is 1. The molecule has 1 unspecified atom stereocenters. The van der Waals surface area contributed by atoms with E-state index in [9.17, 15) is 9.36 Å². The Kier molecular flexibility index (Phi) is 6.56. The lowest BCUT2D eigenvalue weighted by Gasteiger charge is -2.18. The van der Waals surface area contributed by atoms with Crippen molar-refractivity contribution in [3.8, 4) is 0 Å². The van der Waals surface area contributed by atoms with Crippen molar-refractivity contribution in [3.05, 3.63) is 12.2 Å². The molecule has 0 saturated heterocycles. The van der Waals surface area contributed by atoms with Crippen molar-refractivity contribution in [1.29, 1.82) is 0 Å².